The monoisotopic (exact) mass is 531 g/mol. The van der Waals surface area contributed by atoms with Gasteiger partial charge in [0, 0.05) is 24.6 Å². The number of amidine groups is 2. The second-order valence-electron chi connectivity index (χ2n) is 9.87. The molecule has 1 fully saturated rings. The zero-order valence-electron chi connectivity index (χ0n) is 21.4. The molecule has 0 aromatic heterocycles. The quantitative estimate of drug-likeness (QED) is 0.511. The fraction of sp³-hybridized carbons (Fsp3) is 0.414. The normalized spacial score (nSPS) is 18.8. The predicted molar refractivity (Wildman–Crippen MR) is 151 cm³/mol. The average Bonchev–Trinajstić information content (AvgIpc) is 3.28. The van der Waals surface area contributed by atoms with Crippen molar-refractivity contribution in [2.75, 3.05) is 12.3 Å². The molecule has 1 atom stereocenters. The smallest absolute Gasteiger partial charge is 0.259 e. The summed E-state index contributed by atoms with van der Waals surface area (Å²) in [4.78, 5) is 49.5. The van der Waals surface area contributed by atoms with E-state index in [4.69, 9.17) is 9.98 Å². The number of fused-ring (bicyclic) bond motifs is 3. The molecule has 1 unspecified atom stereocenters. The zero-order valence-corrected chi connectivity index (χ0v) is 22.2. The van der Waals surface area contributed by atoms with Gasteiger partial charge in [0.25, 0.3) is 5.91 Å². The van der Waals surface area contributed by atoms with Crippen LogP contribution in [0.4, 0.5) is 5.69 Å². The Morgan fingerprint density at radius 2 is 1.74 bits per heavy atom. The third kappa shape index (κ3) is 6.32. The third-order valence-corrected chi connectivity index (χ3v) is 8.01. The van der Waals surface area contributed by atoms with Crippen molar-refractivity contribution in [3.05, 3.63) is 65.7 Å². The standard InChI is InChI=1S/C29H33N5O3S/c35-25(30-18-17-20-9-3-1-4-10-20)16-15-24-28(37)34-27(32-24)22-13-7-8-14-23(22)33-29(34)38-19-26(36)31-21-11-5-2-6-12-21/h1,3-4,7-10,13-14,21,24H,2,5-6,11-12,15-19H2,(H,30,35)(H,31,36). The minimum atomic E-state index is -0.655. The number of rotatable bonds is 9. The lowest BCUT2D eigenvalue weighted by Gasteiger charge is -2.26. The topological polar surface area (TPSA) is 103 Å². The van der Waals surface area contributed by atoms with Crippen molar-refractivity contribution in [2.45, 2.75) is 63.5 Å². The molecule has 2 heterocycles. The van der Waals surface area contributed by atoms with Crippen molar-refractivity contribution in [1.82, 2.24) is 15.5 Å². The highest BCUT2D eigenvalue weighted by Gasteiger charge is 2.41. The summed E-state index contributed by atoms with van der Waals surface area (Å²) < 4.78 is 0. The largest absolute Gasteiger partial charge is 0.356 e. The van der Waals surface area contributed by atoms with Gasteiger partial charge in [0.15, 0.2) is 5.17 Å². The average molecular weight is 532 g/mol. The van der Waals surface area contributed by atoms with Crippen LogP contribution in [0.2, 0.25) is 0 Å². The Morgan fingerprint density at radius 3 is 2.55 bits per heavy atom. The van der Waals surface area contributed by atoms with Gasteiger partial charge in [-0.25, -0.2) is 9.89 Å². The van der Waals surface area contributed by atoms with Gasteiger partial charge in [-0.3, -0.25) is 19.4 Å². The molecule has 2 aliphatic heterocycles. The summed E-state index contributed by atoms with van der Waals surface area (Å²) in [6.07, 6.45) is 6.85. The number of aliphatic imine (C=N–C) groups is 2. The summed E-state index contributed by atoms with van der Waals surface area (Å²) in [5.74, 6) is 0.387. The number of benzene rings is 2. The summed E-state index contributed by atoms with van der Waals surface area (Å²) in [6.45, 7) is 0.547. The van der Waals surface area contributed by atoms with E-state index in [1.807, 2.05) is 54.6 Å². The van der Waals surface area contributed by atoms with Crippen LogP contribution in [0.5, 0.6) is 0 Å². The van der Waals surface area contributed by atoms with Crippen LogP contribution in [0, 0.1) is 0 Å². The molecule has 3 amide bonds. The molecule has 2 N–H and O–H groups in total. The van der Waals surface area contributed by atoms with Crippen molar-refractivity contribution in [2.24, 2.45) is 9.98 Å². The lowest BCUT2D eigenvalue weighted by molar-refractivity contribution is -0.125. The lowest BCUT2D eigenvalue weighted by atomic mass is 9.95. The Balaban J connectivity index is 1.19. The molecule has 0 saturated heterocycles. The van der Waals surface area contributed by atoms with Crippen molar-refractivity contribution in [1.29, 1.82) is 0 Å². The Bertz CT molecular complexity index is 1240. The Kier molecular flexibility index (Phi) is 8.53. The molecule has 5 rings (SSSR count). The molecule has 1 aliphatic carbocycles. The van der Waals surface area contributed by atoms with Crippen molar-refractivity contribution >= 4 is 46.2 Å². The molecule has 9 heteroatoms. The van der Waals surface area contributed by atoms with Gasteiger partial charge in [-0.05, 0) is 43.4 Å². The molecular formula is C29H33N5O3S. The van der Waals surface area contributed by atoms with Crippen LogP contribution in [-0.4, -0.2) is 58.0 Å². The van der Waals surface area contributed by atoms with Gasteiger partial charge < -0.3 is 10.6 Å². The van der Waals surface area contributed by atoms with Crippen LogP contribution in [-0.2, 0) is 20.8 Å². The fourth-order valence-electron chi connectivity index (χ4n) is 5.08. The second-order valence-corrected chi connectivity index (χ2v) is 10.8. The number of nitrogens with one attached hydrogen (secondary N) is 2. The molecule has 198 valence electrons. The van der Waals surface area contributed by atoms with Gasteiger partial charge in [-0.1, -0.05) is 73.5 Å². The second kappa shape index (κ2) is 12.4. The number of hydrogen-bond acceptors (Lipinski definition) is 6. The number of thioether (sulfide) groups is 1. The van der Waals surface area contributed by atoms with Crippen molar-refractivity contribution in [3.63, 3.8) is 0 Å². The fourth-order valence-corrected chi connectivity index (χ4v) is 5.89. The van der Waals surface area contributed by atoms with Crippen LogP contribution in [0.1, 0.15) is 56.1 Å². The van der Waals surface area contributed by atoms with E-state index in [0.717, 1.165) is 48.9 Å². The summed E-state index contributed by atoms with van der Waals surface area (Å²) in [6, 6.07) is 17.1. The van der Waals surface area contributed by atoms with E-state index >= 15 is 0 Å². The highest BCUT2D eigenvalue weighted by atomic mass is 32.2. The first-order valence-corrected chi connectivity index (χ1v) is 14.4. The summed E-state index contributed by atoms with van der Waals surface area (Å²) in [7, 11) is 0. The van der Waals surface area contributed by atoms with Crippen LogP contribution >= 0.6 is 11.8 Å². The molecule has 8 nitrogen and oxygen atoms in total. The van der Waals surface area contributed by atoms with Crippen LogP contribution in [0.3, 0.4) is 0 Å². The number of amides is 3. The number of hydrogen-bond donors (Lipinski definition) is 2. The van der Waals surface area contributed by atoms with E-state index in [2.05, 4.69) is 10.6 Å². The molecule has 3 aliphatic rings. The maximum atomic E-state index is 13.4. The van der Waals surface area contributed by atoms with Crippen LogP contribution in [0.25, 0.3) is 0 Å². The molecular weight excluding hydrogens is 498 g/mol. The zero-order chi connectivity index (χ0) is 26.3. The van der Waals surface area contributed by atoms with Gasteiger partial charge in [-0.15, -0.1) is 0 Å². The first kappa shape index (κ1) is 26.2. The van der Waals surface area contributed by atoms with E-state index in [1.165, 1.54) is 23.1 Å². The highest BCUT2D eigenvalue weighted by molar-refractivity contribution is 8.14. The third-order valence-electron chi connectivity index (χ3n) is 7.07. The molecule has 2 aromatic carbocycles. The molecule has 0 spiro atoms. The number of carbonyl (C=O) groups is 3. The minimum absolute atomic E-state index is 0.0442. The highest BCUT2D eigenvalue weighted by Crippen LogP contribution is 2.34. The van der Waals surface area contributed by atoms with Gasteiger partial charge in [-0.2, -0.15) is 0 Å². The maximum Gasteiger partial charge on any atom is 0.259 e. The van der Waals surface area contributed by atoms with Gasteiger partial charge >= 0.3 is 0 Å². The molecule has 38 heavy (non-hydrogen) atoms. The lowest BCUT2D eigenvalue weighted by Crippen LogP contribution is -2.42. The van der Waals surface area contributed by atoms with E-state index < -0.39 is 6.04 Å². The first-order valence-electron chi connectivity index (χ1n) is 13.4. The summed E-state index contributed by atoms with van der Waals surface area (Å²) in [5.41, 5.74) is 2.67. The van der Waals surface area contributed by atoms with Crippen molar-refractivity contribution < 1.29 is 14.4 Å². The van der Waals surface area contributed by atoms with E-state index in [0.29, 0.717) is 24.0 Å². The Labute approximate surface area is 227 Å². The molecule has 0 bridgehead atoms. The number of carbonyl (C=O) groups excluding carboxylic acids is 3. The molecule has 0 radical (unpaired) electrons. The number of para-hydroxylation sites is 1. The van der Waals surface area contributed by atoms with E-state index in [9.17, 15) is 14.4 Å². The molecule has 2 aromatic rings. The molecule has 1 saturated carbocycles. The number of nitrogens with zero attached hydrogens (tertiary/aromatic N) is 3. The first-order chi connectivity index (χ1) is 18.6. The minimum Gasteiger partial charge on any atom is -0.356 e. The van der Waals surface area contributed by atoms with Crippen LogP contribution in [0.15, 0.2) is 64.6 Å². The van der Waals surface area contributed by atoms with E-state index in [1.54, 1.807) is 0 Å². The van der Waals surface area contributed by atoms with Gasteiger partial charge in [0.05, 0.1) is 11.4 Å². The predicted octanol–water partition coefficient (Wildman–Crippen LogP) is 3.97. The van der Waals surface area contributed by atoms with Crippen LogP contribution < -0.4 is 10.6 Å². The summed E-state index contributed by atoms with van der Waals surface area (Å²) >= 11 is 1.26. The Morgan fingerprint density at radius 1 is 0.974 bits per heavy atom. The SMILES string of the molecule is O=C(CCC1N=C2c3ccccc3N=C(SCC(=O)NC3CCCCC3)N2C1=O)NCCc1ccccc1. The van der Waals surface area contributed by atoms with Gasteiger partial charge in [0.1, 0.15) is 11.9 Å². The summed E-state index contributed by atoms with van der Waals surface area (Å²) in [5, 5.41) is 6.52. The maximum absolute atomic E-state index is 13.4. The van der Waals surface area contributed by atoms with Gasteiger partial charge in [0.2, 0.25) is 11.8 Å². The van der Waals surface area contributed by atoms with Crippen molar-refractivity contribution in [3.8, 4) is 0 Å². The Hall–Kier alpha value is -3.46. The van der Waals surface area contributed by atoms with E-state index in [-0.39, 0.29) is 35.9 Å².